The van der Waals surface area contributed by atoms with Crippen LogP contribution in [0.25, 0.3) is 0 Å². The third-order valence-corrected chi connectivity index (χ3v) is 5.64. The lowest BCUT2D eigenvalue weighted by atomic mass is 9.91. The SMILES string of the molecule is Cc1cccc(C(=O)N2C[C@H]3[C@@H](CCOCc4ccncc4)CO[C@H]3C2)c1. The summed E-state index contributed by atoms with van der Waals surface area (Å²) in [5, 5.41) is 0. The van der Waals surface area contributed by atoms with Gasteiger partial charge >= 0.3 is 0 Å². The standard InChI is InChI=1S/C22H26N2O3/c1-16-3-2-4-18(11-16)22(25)24-12-20-19(15-27-21(20)13-24)7-10-26-14-17-5-8-23-9-6-17/h2-6,8-9,11,19-21H,7,10,12-15H2,1H3/t19-,20-,21-/m0/s1. The summed E-state index contributed by atoms with van der Waals surface area (Å²) in [7, 11) is 0. The van der Waals surface area contributed by atoms with Gasteiger partial charge in [-0.3, -0.25) is 9.78 Å². The number of amides is 1. The fourth-order valence-corrected chi connectivity index (χ4v) is 4.13. The number of likely N-dealkylation sites (tertiary alicyclic amines) is 1. The second-order valence-electron chi connectivity index (χ2n) is 7.57. The summed E-state index contributed by atoms with van der Waals surface area (Å²) >= 11 is 0. The van der Waals surface area contributed by atoms with Crippen molar-refractivity contribution in [3.05, 3.63) is 65.5 Å². The molecule has 2 saturated heterocycles. The van der Waals surface area contributed by atoms with E-state index in [-0.39, 0.29) is 12.0 Å². The number of ether oxygens (including phenoxy) is 2. The van der Waals surface area contributed by atoms with Gasteiger partial charge < -0.3 is 14.4 Å². The first-order valence-corrected chi connectivity index (χ1v) is 9.65. The van der Waals surface area contributed by atoms with Crippen LogP contribution < -0.4 is 0 Å². The normalized spacial score (nSPS) is 24.2. The zero-order valence-electron chi connectivity index (χ0n) is 15.7. The molecule has 0 N–H and O–H groups in total. The van der Waals surface area contributed by atoms with E-state index in [1.807, 2.05) is 48.2 Å². The van der Waals surface area contributed by atoms with Gasteiger partial charge in [0.25, 0.3) is 5.91 Å². The Kier molecular flexibility index (Phi) is 5.50. The average Bonchev–Trinajstić information content (AvgIpc) is 3.27. The maximum atomic E-state index is 12.8. The molecule has 1 amide bonds. The van der Waals surface area contributed by atoms with E-state index in [1.54, 1.807) is 12.4 Å². The van der Waals surface area contributed by atoms with Gasteiger partial charge in [0.15, 0.2) is 0 Å². The lowest BCUT2D eigenvalue weighted by Crippen LogP contribution is -2.31. The molecule has 5 nitrogen and oxygen atoms in total. The summed E-state index contributed by atoms with van der Waals surface area (Å²) in [6, 6.07) is 11.8. The molecule has 3 heterocycles. The molecular formula is C22H26N2O3. The van der Waals surface area contributed by atoms with Crippen LogP contribution in [0.5, 0.6) is 0 Å². The number of aryl methyl sites for hydroxylation is 1. The monoisotopic (exact) mass is 366 g/mol. The zero-order chi connectivity index (χ0) is 18.6. The van der Waals surface area contributed by atoms with Gasteiger partial charge in [-0.2, -0.15) is 0 Å². The number of rotatable bonds is 6. The minimum Gasteiger partial charge on any atom is -0.377 e. The maximum Gasteiger partial charge on any atom is 0.253 e. The van der Waals surface area contributed by atoms with Crippen LogP contribution in [0.2, 0.25) is 0 Å². The van der Waals surface area contributed by atoms with Gasteiger partial charge in [-0.25, -0.2) is 0 Å². The van der Waals surface area contributed by atoms with Gasteiger partial charge in [-0.1, -0.05) is 17.7 Å². The van der Waals surface area contributed by atoms with Crippen molar-refractivity contribution >= 4 is 5.91 Å². The molecular weight excluding hydrogens is 340 g/mol. The predicted octanol–water partition coefficient (Wildman–Crippen LogP) is 3.08. The molecule has 2 aromatic rings. The lowest BCUT2D eigenvalue weighted by Gasteiger charge is -2.20. The molecule has 4 rings (SSSR count). The number of carbonyl (C=O) groups is 1. The summed E-state index contributed by atoms with van der Waals surface area (Å²) in [6.45, 7) is 5.60. The van der Waals surface area contributed by atoms with Crippen molar-refractivity contribution < 1.29 is 14.3 Å². The van der Waals surface area contributed by atoms with E-state index >= 15 is 0 Å². The van der Waals surface area contributed by atoms with E-state index in [9.17, 15) is 4.79 Å². The number of aromatic nitrogens is 1. The largest absolute Gasteiger partial charge is 0.377 e. The van der Waals surface area contributed by atoms with Gasteiger partial charge in [0.05, 0.1) is 19.3 Å². The predicted molar refractivity (Wildman–Crippen MR) is 102 cm³/mol. The fraction of sp³-hybridized carbons (Fsp3) is 0.455. The molecule has 0 bridgehead atoms. The van der Waals surface area contributed by atoms with Gasteiger partial charge in [0.1, 0.15) is 0 Å². The number of pyridine rings is 1. The van der Waals surface area contributed by atoms with Crippen LogP contribution >= 0.6 is 0 Å². The van der Waals surface area contributed by atoms with Crippen LogP contribution in [0, 0.1) is 18.8 Å². The van der Waals surface area contributed by atoms with E-state index in [1.165, 1.54) is 0 Å². The molecule has 0 spiro atoms. The number of benzene rings is 1. The van der Waals surface area contributed by atoms with Crippen LogP contribution in [0.3, 0.4) is 0 Å². The first-order valence-electron chi connectivity index (χ1n) is 9.65. The highest BCUT2D eigenvalue weighted by Gasteiger charge is 2.44. The van der Waals surface area contributed by atoms with Crippen molar-refractivity contribution in [2.24, 2.45) is 11.8 Å². The van der Waals surface area contributed by atoms with Crippen LogP contribution in [-0.2, 0) is 16.1 Å². The molecule has 0 aliphatic carbocycles. The lowest BCUT2D eigenvalue weighted by molar-refractivity contribution is 0.0648. The minimum atomic E-state index is 0.115. The van der Waals surface area contributed by atoms with Crippen LogP contribution in [0.1, 0.15) is 27.9 Å². The van der Waals surface area contributed by atoms with Crippen molar-refractivity contribution in [3.63, 3.8) is 0 Å². The Morgan fingerprint density at radius 1 is 1.26 bits per heavy atom. The maximum absolute atomic E-state index is 12.8. The number of nitrogens with zero attached hydrogens (tertiary/aromatic N) is 2. The van der Waals surface area contributed by atoms with E-state index in [2.05, 4.69) is 4.98 Å². The van der Waals surface area contributed by atoms with Crippen LogP contribution in [-0.4, -0.2) is 48.2 Å². The van der Waals surface area contributed by atoms with Crippen LogP contribution in [0.15, 0.2) is 48.8 Å². The van der Waals surface area contributed by atoms with Gasteiger partial charge in [0.2, 0.25) is 0 Å². The molecule has 1 aromatic carbocycles. The Balaban J connectivity index is 1.27. The Bertz CT molecular complexity index is 780. The van der Waals surface area contributed by atoms with Gasteiger partial charge in [0, 0.05) is 43.6 Å². The highest BCUT2D eigenvalue weighted by atomic mass is 16.5. The number of fused-ring (bicyclic) bond motifs is 1. The first kappa shape index (κ1) is 18.1. The van der Waals surface area contributed by atoms with Crippen molar-refractivity contribution in [3.8, 4) is 0 Å². The highest BCUT2D eigenvalue weighted by Crippen LogP contribution is 2.36. The average molecular weight is 366 g/mol. The Morgan fingerprint density at radius 2 is 2.11 bits per heavy atom. The molecule has 27 heavy (non-hydrogen) atoms. The zero-order valence-corrected chi connectivity index (χ0v) is 15.7. The minimum absolute atomic E-state index is 0.115. The van der Waals surface area contributed by atoms with E-state index in [4.69, 9.17) is 9.47 Å². The summed E-state index contributed by atoms with van der Waals surface area (Å²) < 4.78 is 11.8. The van der Waals surface area contributed by atoms with E-state index in [0.717, 1.165) is 36.3 Å². The van der Waals surface area contributed by atoms with Gasteiger partial charge in [-0.15, -0.1) is 0 Å². The second-order valence-corrected chi connectivity index (χ2v) is 7.57. The topological polar surface area (TPSA) is 51.7 Å². The molecule has 3 atom stereocenters. The van der Waals surface area contributed by atoms with Crippen molar-refractivity contribution in [2.75, 3.05) is 26.3 Å². The second kappa shape index (κ2) is 8.19. The summed E-state index contributed by atoms with van der Waals surface area (Å²) in [6.07, 6.45) is 4.71. The summed E-state index contributed by atoms with van der Waals surface area (Å²) in [4.78, 5) is 18.8. The molecule has 2 fully saturated rings. The van der Waals surface area contributed by atoms with E-state index in [0.29, 0.717) is 31.6 Å². The highest BCUT2D eigenvalue weighted by molar-refractivity contribution is 5.94. The number of hydrogen-bond donors (Lipinski definition) is 0. The third kappa shape index (κ3) is 4.20. The Hall–Kier alpha value is -2.24. The Morgan fingerprint density at radius 3 is 2.93 bits per heavy atom. The molecule has 1 aromatic heterocycles. The van der Waals surface area contributed by atoms with Crippen molar-refractivity contribution in [2.45, 2.75) is 26.1 Å². The smallest absolute Gasteiger partial charge is 0.253 e. The molecule has 5 heteroatoms. The summed E-state index contributed by atoms with van der Waals surface area (Å²) in [5.41, 5.74) is 3.02. The van der Waals surface area contributed by atoms with Crippen molar-refractivity contribution in [1.29, 1.82) is 0 Å². The molecule has 0 saturated carbocycles. The third-order valence-electron chi connectivity index (χ3n) is 5.64. The summed E-state index contributed by atoms with van der Waals surface area (Å²) in [5.74, 6) is 0.996. The van der Waals surface area contributed by atoms with E-state index < -0.39 is 0 Å². The molecule has 0 unspecified atom stereocenters. The Labute approximate surface area is 160 Å². The fourth-order valence-electron chi connectivity index (χ4n) is 4.13. The number of carbonyl (C=O) groups excluding carboxylic acids is 1. The van der Waals surface area contributed by atoms with Crippen molar-refractivity contribution in [1.82, 2.24) is 9.88 Å². The van der Waals surface area contributed by atoms with Crippen LogP contribution in [0.4, 0.5) is 0 Å². The first-order chi connectivity index (χ1) is 13.2. The molecule has 2 aliphatic rings. The molecule has 142 valence electrons. The molecule has 0 radical (unpaired) electrons. The quantitative estimate of drug-likeness (QED) is 0.737. The van der Waals surface area contributed by atoms with Gasteiger partial charge in [-0.05, 0) is 49.1 Å². The molecule has 2 aliphatic heterocycles. The number of hydrogen-bond acceptors (Lipinski definition) is 4.